The molecule has 2 saturated heterocycles. The molecule has 1 N–H and O–H groups in total. The van der Waals surface area contributed by atoms with E-state index in [2.05, 4.69) is 0 Å². The number of thioether (sulfide) groups is 2. The van der Waals surface area contributed by atoms with Gasteiger partial charge in [0.05, 0.1) is 23.0 Å². The molecule has 0 spiro atoms. The summed E-state index contributed by atoms with van der Waals surface area (Å²) in [6.45, 7) is 0.699. The van der Waals surface area contributed by atoms with Gasteiger partial charge in [0.1, 0.15) is 0 Å². The van der Waals surface area contributed by atoms with E-state index < -0.39 is 28.2 Å². The summed E-state index contributed by atoms with van der Waals surface area (Å²) in [5.74, 6) is -1.81. The third-order valence-electron chi connectivity index (χ3n) is 4.61. The molecule has 0 saturated carbocycles. The number of carbonyl (C=O) groups excluding carboxylic acids is 3. The number of carboxylic acids is 1. The maximum atomic E-state index is 12.8. The van der Waals surface area contributed by atoms with Crippen LogP contribution in [0.4, 0.5) is 5.00 Å². The van der Waals surface area contributed by atoms with Gasteiger partial charge in [-0.3, -0.25) is 14.5 Å². The van der Waals surface area contributed by atoms with E-state index in [9.17, 15) is 24.6 Å². The zero-order valence-electron chi connectivity index (χ0n) is 14.6. The summed E-state index contributed by atoms with van der Waals surface area (Å²) >= 11 is 4.05. The SMILES string of the molecule is CS[C@]12SCC(CO)(C(=O)[O-])CN1C(=O)C2N(C(C)=O)c1cccs1.[K+]. The van der Waals surface area contributed by atoms with Crippen molar-refractivity contribution in [2.75, 3.05) is 30.1 Å². The summed E-state index contributed by atoms with van der Waals surface area (Å²) in [6.07, 6.45) is 1.83. The van der Waals surface area contributed by atoms with Crippen molar-refractivity contribution in [2.24, 2.45) is 5.41 Å². The third kappa shape index (κ3) is 3.33. The van der Waals surface area contributed by atoms with Crippen LogP contribution in [0.3, 0.4) is 0 Å². The second-order valence-corrected chi connectivity index (χ2v) is 9.43. The summed E-state index contributed by atoms with van der Waals surface area (Å²) in [7, 11) is 0. The Kier molecular flexibility index (Phi) is 7.35. The molecule has 2 aliphatic heterocycles. The van der Waals surface area contributed by atoms with Crippen LogP contribution in [0.1, 0.15) is 6.92 Å². The van der Waals surface area contributed by atoms with Gasteiger partial charge in [0.25, 0.3) is 5.91 Å². The number of nitrogens with zero attached hydrogens (tertiary/aromatic N) is 2. The number of fused-ring (bicyclic) bond motifs is 1. The topological polar surface area (TPSA) is 101 Å². The first kappa shape index (κ1) is 22.7. The first-order valence-electron chi connectivity index (χ1n) is 7.49. The number of aliphatic hydroxyl groups excluding tert-OH is 1. The van der Waals surface area contributed by atoms with E-state index in [0.717, 1.165) is 0 Å². The maximum Gasteiger partial charge on any atom is 1.00 e. The van der Waals surface area contributed by atoms with Crippen LogP contribution in [0.2, 0.25) is 0 Å². The standard InChI is InChI=1S/C15H18N2O5S3.K/c1-9(19)17(10-4-3-5-24-10)11-12(20)16-6-14(7-18,13(21)22)8-25-15(11,16)23-2;/h3-5,11,18H,6-8H2,1-2H3,(H,21,22);/q;+1/p-1/t11?,14?,15-;/m1./s1. The summed E-state index contributed by atoms with van der Waals surface area (Å²) < 4.78 is -0.763. The van der Waals surface area contributed by atoms with Crippen molar-refractivity contribution in [3.05, 3.63) is 17.5 Å². The third-order valence-corrected chi connectivity index (χ3v) is 8.91. The van der Waals surface area contributed by atoms with Crippen molar-refractivity contribution in [1.29, 1.82) is 0 Å². The molecule has 3 rings (SSSR count). The van der Waals surface area contributed by atoms with Crippen LogP contribution in [0.15, 0.2) is 17.5 Å². The van der Waals surface area contributed by atoms with Gasteiger partial charge >= 0.3 is 51.4 Å². The average molecular weight is 441 g/mol. The van der Waals surface area contributed by atoms with E-state index in [1.807, 2.05) is 17.7 Å². The van der Waals surface area contributed by atoms with Crippen molar-refractivity contribution in [2.45, 2.75) is 17.2 Å². The monoisotopic (exact) mass is 440 g/mol. The fourth-order valence-corrected chi connectivity index (χ4v) is 6.89. The van der Waals surface area contributed by atoms with Crippen LogP contribution in [0, 0.1) is 5.41 Å². The molecule has 0 aliphatic carbocycles. The van der Waals surface area contributed by atoms with Crippen LogP contribution in [-0.4, -0.2) is 63.2 Å². The number of β-lactam (4-membered cyclic amide) rings is 1. The number of thiophene rings is 1. The van der Waals surface area contributed by atoms with Crippen molar-refractivity contribution in [3.8, 4) is 0 Å². The molecular weight excluding hydrogens is 423 g/mol. The van der Waals surface area contributed by atoms with Gasteiger partial charge in [-0.05, 0) is 23.8 Å². The van der Waals surface area contributed by atoms with Crippen LogP contribution < -0.4 is 61.4 Å². The van der Waals surface area contributed by atoms with E-state index in [0.29, 0.717) is 5.00 Å². The first-order chi connectivity index (χ1) is 11.8. The van der Waals surface area contributed by atoms with E-state index in [-0.39, 0.29) is 75.5 Å². The molecule has 3 atom stereocenters. The van der Waals surface area contributed by atoms with E-state index in [1.54, 1.807) is 6.07 Å². The van der Waals surface area contributed by atoms with Crippen LogP contribution in [-0.2, 0) is 14.4 Å². The first-order valence-corrected chi connectivity index (χ1v) is 10.6. The number of hydrogen-bond donors (Lipinski definition) is 1. The fourth-order valence-electron chi connectivity index (χ4n) is 3.18. The van der Waals surface area contributed by atoms with Crippen molar-refractivity contribution in [1.82, 2.24) is 4.90 Å². The van der Waals surface area contributed by atoms with Gasteiger partial charge in [0, 0.05) is 19.2 Å². The van der Waals surface area contributed by atoms with Gasteiger partial charge in [-0.25, -0.2) is 0 Å². The molecule has 1 aromatic rings. The number of aliphatic carboxylic acids is 1. The predicted molar refractivity (Wildman–Crippen MR) is 96.2 cm³/mol. The molecule has 0 radical (unpaired) electrons. The summed E-state index contributed by atoms with van der Waals surface area (Å²) in [4.78, 5) is 39.5. The number of hydrogen-bond acceptors (Lipinski definition) is 8. The minimum absolute atomic E-state index is 0. The summed E-state index contributed by atoms with van der Waals surface area (Å²) in [5.41, 5.74) is -1.48. The maximum absolute atomic E-state index is 12.8. The van der Waals surface area contributed by atoms with Gasteiger partial charge in [-0.2, -0.15) is 0 Å². The Hall–Kier alpha value is 0.406. The normalized spacial score (nSPS) is 30.0. The van der Waals surface area contributed by atoms with Crippen molar-refractivity contribution in [3.63, 3.8) is 0 Å². The van der Waals surface area contributed by atoms with Crippen LogP contribution >= 0.6 is 34.9 Å². The molecule has 2 amide bonds. The molecule has 26 heavy (non-hydrogen) atoms. The molecule has 0 bridgehead atoms. The Balaban J connectivity index is 0.00000243. The Morgan fingerprint density at radius 1 is 1.54 bits per heavy atom. The molecule has 7 nitrogen and oxygen atoms in total. The number of aliphatic hydroxyl groups is 1. The molecule has 1 aromatic heterocycles. The van der Waals surface area contributed by atoms with Gasteiger partial charge in [-0.15, -0.1) is 34.9 Å². The van der Waals surface area contributed by atoms with Crippen LogP contribution in [0.25, 0.3) is 0 Å². The number of carboxylic acid groups (broad SMARTS) is 1. The Morgan fingerprint density at radius 3 is 2.69 bits per heavy atom. The zero-order chi connectivity index (χ0) is 18.4. The molecule has 0 aromatic carbocycles. The second kappa shape index (κ2) is 8.42. The number of amides is 2. The number of carbonyl (C=O) groups is 3. The molecule has 2 fully saturated rings. The van der Waals surface area contributed by atoms with Gasteiger partial charge < -0.3 is 19.9 Å². The van der Waals surface area contributed by atoms with E-state index in [4.69, 9.17) is 0 Å². The minimum Gasteiger partial charge on any atom is -0.549 e. The molecule has 136 valence electrons. The smallest absolute Gasteiger partial charge is 0.549 e. The molecular formula is C15H17KN2O5S3. The van der Waals surface area contributed by atoms with E-state index in [1.165, 1.54) is 51.6 Å². The minimum atomic E-state index is -1.48. The Morgan fingerprint density at radius 2 is 2.23 bits per heavy atom. The Bertz CT molecular complexity index is 718. The van der Waals surface area contributed by atoms with Crippen molar-refractivity contribution < 1.29 is 76.0 Å². The Labute approximate surface area is 206 Å². The summed E-state index contributed by atoms with van der Waals surface area (Å²) in [5, 5.41) is 23.6. The largest absolute Gasteiger partial charge is 1.00 e. The van der Waals surface area contributed by atoms with Gasteiger partial charge in [-0.1, -0.05) is 0 Å². The van der Waals surface area contributed by atoms with Crippen LogP contribution in [0.5, 0.6) is 0 Å². The zero-order valence-corrected chi connectivity index (χ0v) is 20.2. The van der Waals surface area contributed by atoms with Gasteiger partial charge in [0.2, 0.25) is 5.91 Å². The van der Waals surface area contributed by atoms with Crippen molar-refractivity contribution >= 4 is 57.6 Å². The quantitative estimate of drug-likeness (QED) is 0.380. The van der Waals surface area contributed by atoms with Gasteiger partial charge in [0.15, 0.2) is 10.2 Å². The number of rotatable bonds is 5. The molecule has 2 aliphatic rings. The van der Waals surface area contributed by atoms with E-state index >= 15 is 0 Å². The molecule has 2 unspecified atom stereocenters. The average Bonchev–Trinajstić information content (AvgIpc) is 3.11. The predicted octanol–water partition coefficient (Wildman–Crippen LogP) is -3.19. The fraction of sp³-hybridized carbons (Fsp3) is 0.533. The summed E-state index contributed by atoms with van der Waals surface area (Å²) in [6, 6.07) is 2.88. The second-order valence-electron chi connectivity index (χ2n) is 6.02. The number of anilines is 1. The molecule has 11 heteroatoms. The molecule has 3 heterocycles.